The Morgan fingerprint density at radius 1 is 1.07 bits per heavy atom. The number of halogens is 3. The maximum atomic E-state index is 12.6. The van der Waals surface area contributed by atoms with Crippen LogP contribution < -0.4 is 0 Å². The van der Waals surface area contributed by atoms with Gasteiger partial charge in [-0.15, -0.1) is 0 Å². The standard InChI is InChI=1S/C21H29F3N2O2/c1-16-4-2-3-5-19(16)28-15-14-25-10-12-26(13-11-25)20(27)17-6-8-18(9-7-17)21(22,23)24/h6-9,16,19H,2-5,10-15H2,1H3. The number of alkyl halides is 3. The van der Waals surface area contributed by atoms with E-state index in [0.29, 0.717) is 37.3 Å². The molecule has 1 aliphatic heterocycles. The molecule has 1 aliphatic carbocycles. The lowest BCUT2D eigenvalue weighted by atomic mass is 9.88. The predicted octanol–water partition coefficient (Wildman–Crippen LogP) is 4.06. The van der Waals surface area contributed by atoms with Crippen LogP contribution in [0.2, 0.25) is 0 Å². The molecule has 0 spiro atoms. The molecule has 1 saturated carbocycles. The number of carbonyl (C=O) groups excluding carboxylic acids is 1. The summed E-state index contributed by atoms with van der Waals surface area (Å²) in [5.41, 5.74) is -0.433. The first-order valence-corrected chi connectivity index (χ1v) is 10.1. The number of rotatable bonds is 5. The fourth-order valence-electron chi connectivity index (χ4n) is 4.02. The van der Waals surface area contributed by atoms with Gasteiger partial charge in [-0.25, -0.2) is 0 Å². The van der Waals surface area contributed by atoms with Gasteiger partial charge in [-0.05, 0) is 43.0 Å². The largest absolute Gasteiger partial charge is 0.416 e. The highest BCUT2D eigenvalue weighted by molar-refractivity contribution is 5.94. The van der Waals surface area contributed by atoms with Crippen LogP contribution in [0.3, 0.4) is 0 Å². The Bertz CT molecular complexity index is 640. The number of nitrogens with zero attached hydrogens (tertiary/aromatic N) is 2. The molecule has 1 heterocycles. The number of ether oxygens (including phenoxy) is 1. The van der Waals surface area contributed by atoms with Crippen LogP contribution >= 0.6 is 0 Å². The second kappa shape index (κ2) is 9.27. The highest BCUT2D eigenvalue weighted by atomic mass is 19.4. The molecule has 0 radical (unpaired) electrons. The minimum atomic E-state index is -4.38. The van der Waals surface area contributed by atoms with Gasteiger partial charge in [-0.1, -0.05) is 19.8 Å². The Kier molecular flexibility index (Phi) is 6.99. The molecule has 156 valence electrons. The van der Waals surface area contributed by atoms with E-state index in [1.165, 1.54) is 31.4 Å². The molecule has 0 bridgehead atoms. The van der Waals surface area contributed by atoms with E-state index in [1.807, 2.05) is 0 Å². The number of hydrogen-bond acceptors (Lipinski definition) is 3. The van der Waals surface area contributed by atoms with Crippen molar-refractivity contribution in [2.24, 2.45) is 5.92 Å². The molecule has 1 amide bonds. The second-order valence-corrected chi connectivity index (χ2v) is 7.88. The Balaban J connectivity index is 1.41. The van der Waals surface area contributed by atoms with Crippen LogP contribution in [-0.2, 0) is 10.9 Å². The summed E-state index contributed by atoms with van der Waals surface area (Å²) in [6.07, 6.45) is 0.933. The number of amides is 1. The molecular weight excluding hydrogens is 369 g/mol. The summed E-state index contributed by atoms with van der Waals surface area (Å²) in [5, 5.41) is 0. The molecule has 2 fully saturated rings. The van der Waals surface area contributed by atoms with Gasteiger partial charge in [-0.3, -0.25) is 9.69 Å². The zero-order valence-corrected chi connectivity index (χ0v) is 16.4. The fourth-order valence-corrected chi connectivity index (χ4v) is 4.02. The van der Waals surface area contributed by atoms with Crippen molar-refractivity contribution in [3.05, 3.63) is 35.4 Å². The summed E-state index contributed by atoms with van der Waals surface area (Å²) in [6, 6.07) is 4.45. The molecule has 2 unspecified atom stereocenters. The summed E-state index contributed by atoms with van der Waals surface area (Å²) in [5.74, 6) is 0.424. The smallest absolute Gasteiger partial charge is 0.377 e. The first kappa shape index (κ1) is 21.1. The Labute approximate surface area is 164 Å². The molecule has 3 rings (SSSR count). The van der Waals surface area contributed by atoms with Gasteiger partial charge in [-0.2, -0.15) is 13.2 Å². The number of hydrogen-bond donors (Lipinski definition) is 0. The number of benzene rings is 1. The van der Waals surface area contributed by atoms with Gasteiger partial charge in [0, 0.05) is 38.3 Å². The minimum absolute atomic E-state index is 0.208. The van der Waals surface area contributed by atoms with Crippen molar-refractivity contribution in [2.75, 3.05) is 39.3 Å². The lowest BCUT2D eigenvalue weighted by Crippen LogP contribution is -2.49. The third-order valence-electron chi connectivity index (χ3n) is 5.89. The van der Waals surface area contributed by atoms with E-state index in [9.17, 15) is 18.0 Å². The Morgan fingerprint density at radius 3 is 2.32 bits per heavy atom. The molecule has 0 N–H and O–H groups in total. The van der Waals surface area contributed by atoms with Crippen molar-refractivity contribution in [2.45, 2.75) is 44.9 Å². The van der Waals surface area contributed by atoms with Crippen molar-refractivity contribution in [1.29, 1.82) is 0 Å². The topological polar surface area (TPSA) is 32.8 Å². The zero-order chi connectivity index (χ0) is 20.1. The fraction of sp³-hybridized carbons (Fsp3) is 0.667. The van der Waals surface area contributed by atoms with Crippen LogP contribution in [0.1, 0.15) is 48.5 Å². The Morgan fingerprint density at radius 2 is 1.71 bits per heavy atom. The summed E-state index contributed by atoms with van der Waals surface area (Å²) in [4.78, 5) is 16.5. The molecule has 1 aromatic rings. The highest BCUT2D eigenvalue weighted by Crippen LogP contribution is 2.29. The number of piperazine rings is 1. The van der Waals surface area contributed by atoms with Crippen molar-refractivity contribution in [3.63, 3.8) is 0 Å². The molecule has 28 heavy (non-hydrogen) atoms. The molecule has 1 aromatic carbocycles. The Hall–Kier alpha value is -1.60. The van der Waals surface area contributed by atoms with E-state index in [4.69, 9.17) is 4.74 Å². The third-order valence-corrected chi connectivity index (χ3v) is 5.89. The molecule has 0 aromatic heterocycles. The molecule has 4 nitrogen and oxygen atoms in total. The monoisotopic (exact) mass is 398 g/mol. The molecule has 1 saturated heterocycles. The van der Waals surface area contributed by atoms with E-state index in [0.717, 1.165) is 38.2 Å². The van der Waals surface area contributed by atoms with Gasteiger partial charge < -0.3 is 9.64 Å². The van der Waals surface area contributed by atoms with Crippen LogP contribution in [0.15, 0.2) is 24.3 Å². The lowest BCUT2D eigenvalue weighted by Gasteiger charge is -2.35. The summed E-state index contributed by atoms with van der Waals surface area (Å²) < 4.78 is 44.0. The first-order valence-electron chi connectivity index (χ1n) is 10.1. The second-order valence-electron chi connectivity index (χ2n) is 7.88. The average Bonchev–Trinajstić information content (AvgIpc) is 2.69. The van der Waals surface area contributed by atoms with Crippen LogP contribution in [0.5, 0.6) is 0 Å². The van der Waals surface area contributed by atoms with Crippen LogP contribution in [-0.4, -0.2) is 61.1 Å². The van der Waals surface area contributed by atoms with Gasteiger partial charge in [0.15, 0.2) is 0 Å². The summed E-state index contributed by atoms with van der Waals surface area (Å²) in [7, 11) is 0. The van der Waals surface area contributed by atoms with Gasteiger partial charge in [0.05, 0.1) is 18.3 Å². The van der Waals surface area contributed by atoms with Crippen molar-refractivity contribution < 1.29 is 22.7 Å². The van der Waals surface area contributed by atoms with E-state index in [2.05, 4.69) is 11.8 Å². The maximum absolute atomic E-state index is 12.6. The van der Waals surface area contributed by atoms with E-state index in [-0.39, 0.29) is 5.91 Å². The molecule has 2 atom stereocenters. The maximum Gasteiger partial charge on any atom is 0.416 e. The van der Waals surface area contributed by atoms with Crippen molar-refractivity contribution >= 4 is 5.91 Å². The quantitative estimate of drug-likeness (QED) is 0.750. The first-order chi connectivity index (χ1) is 13.3. The average molecular weight is 398 g/mol. The molecular formula is C21H29F3N2O2. The normalized spacial score (nSPS) is 24.4. The van der Waals surface area contributed by atoms with Gasteiger partial charge in [0.25, 0.3) is 5.91 Å². The van der Waals surface area contributed by atoms with Crippen molar-refractivity contribution in [1.82, 2.24) is 9.80 Å². The highest BCUT2D eigenvalue weighted by Gasteiger charge is 2.31. The van der Waals surface area contributed by atoms with Gasteiger partial charge >= 0.3 is 6.18 Å². The van der Waals surface area contributed by atoms with E-state index < -0.39 is 11.7 Å². The minimum Gasteiger partial charge on any atom is -0.377 e. The van der Waals surface area contributed by atoms with Crippen LogP contribution in [0.4, 0.5) is 13.2 Å². The van der Waals surface area contributed by atoms with Gasteiger partial charge in [0.1, 0.15) is 0 Å². The molecule has 2 aliphatic rings. The lowest BCUT2D eigenvalue weighted by molar-refractivity contribution is -0.137. The van der Waals surface area contributed by atoms with E-state index >= 15 is 0 Å². The summed E-state index contributed by atoms with van der Waals surface area (Å²) in [6.45, 7) is 6.51. The number of carbonyl (C=O) groups is 1. The van der Waals surface area contributed by atoms with E-state index in [1.54, 1.807) is 4.90 Å². The predicted molar refractivity (Wildman–Crippen MR) is 101 cm³/mol. The van der Waals surface area contributed by atoms with Crippen molar-refractivity contribution in [3.8, 4) is 0 Å². The summed E-state index contributed by atoms with van der Waals surface area (Å²) >= 11 is 0. The third kappa shape index (κ3) is 5.47. The SMILES string of the molecule is CC1CCCCC1OCCN1CCN(C(=O)c2ccc(C(F)(F)F)cc2)CC1. The zero-order valence-electron chi connectivity index (χ0n) is 16.4. The van der Waals surface area contributed by atoms with Crippen LogP contribution in [0, 0.1) is 5.92 Å². The van der Waals surface area contributed by atoms with Crippen LogP contribution in [0.25, 0.3) is 0 Å². The van der Waals surface area contributed by atoms with Gasteiger partial charge in [0.2, 0.25) is 0 Å². The molecule has 7 heteroatoms.